The summed E-state index contributed by atoms with van der Waals surface area (Å²) in [5.74, 6) is -0.0342. The van der Waals surface area contributed by atoms with Crippen molar-refractivity contribution in [3.63, 3.8) is 0 Å². The Balaban J connectivity index is 1.86. The zero-order valence-corrected chi connectivity index (χ0v) is 13.3. The van der Waals surface area contributed by atoms with Crippen LogP contribution in [0.4, 0.5) is 0 Å². The molecule has 0 aromatic carbocycles. The molecule has 1 saturated heterocycles. The molecule has 118 valence electrons. The lowest BCUT2D eigenvalue weighted by Crippen LogP contribution is -2.45. The molecular weight excluding hydrogens is 280 g/mol. The quantitative estimate of drug-likeness (QED) is 0.865. The zero-order chi connectivity index (χ0) is 15.9. The third-order valence-corrected chi connectivity index (χ3v) is 4.32. The molecule has 22 heavy (non-hydrogen) atoms. The number of aromatic nitrogens is 4. The van der Waals surface area contributed by atoms with Gasteiger partial charge >= 0.3 is 0 Å². The highest BCUT2D eigenvalue weighted by Gasteiger charge is 2.24. The normalized spacial score (nSPS) is 18.7. The van der Waals surface area contributed by atoms with Gasteiger partial charge in [-0.05, 0) is 32.8 Å². The number of nitrogens with one attached hydrogen (secondary N) is 1. The molecule has 1 fully saturated rings. The molecule has 7 nitrogen and oxygen atoms in total. The van der Waals surface area contributed by atoms with E-state index in [1.165, 1.54) is 0 Å². The van der Waals surface area contributed by atoms with Crippen molar-refractivity contribution in [3.8, 4) is 11.3 Å². The minimum absolute atomic E-state index is 0.0342. The average molecular weight is 302 g/mol. The summed E-state index contributed by atoms with van der Waals surface area (Å²) in [4.78, 5) is 14.3. The van der Waals surface area contributed by atoms with Crippen LogP contribution in [-0.4, -0.2) is 49.9 Å². The van der Waals surface area contributed by atoms with Crippen molar-refractivity contribution < 1.29 is 4.79 Å². The minimum Gasteiger partial charge on any atom is -0.336 e. The summed E-state index contributed by atoms with van der Waals surface area (Å²) in [5, 5.41) is 11.6. The lowest BCUT2D eigenvalue weighted by Gasteiger charge is -2.30. The molecule has 3 rings (SSSR count). The summed E-state index contributed by atoms with van der Waals surface area (Å²) in [5.41, 5.74) is 10.1. The van der Waals surface area contributed by atoms with Crippen molar-refractivity contribution in [2.75, 3.05) is 13.1 Å². The average Bonchev–Trinajstić information content (AvgIpc) is 3.04. The molecule has 0 bridgehead atoms. The molecule has 0 aliphatic carbocycles. The number of aromatic amines is 1. The lowest BCUT2D eigenvalue weighted by molar-refractivity contribution is 0.0703. The van der Waals surface area contributed by atoms with Crippen molar-refractivity contribution in [2.45, 2.75) is 32.7 Å². The second kappa shape index (κ2) is 5.57. The standard InChI is InChI=1S/C15H22N6O/c1-9-14(10(2)20(3)19-9)12-7-13(18-17-12)15(22)21-6-4-5-11(16)8-21/h7,11H,4-6,8,16H2,1-3H3,(H,17,18). The van der Waals surface area contributed by atoms with Crippen LogP contribution in [0.15, 0.2) is 6.07 Å². The summed E-state index contributed by atoms with van der Waals surface area (Å²) < 4.78 is 1.82. The maximum atomic E-state index is 12.5. The monoisotopic (exact) mass is 302 g/mol. The zero-order valence-electron chi connectivity index (χ0n) is 13.3. The van der Waals surface area contributed by atoms with E-state index in [2.05, 4.69) is 15.3 Å². The molecule has 0 saturated carbocycles. The highest BCUT2D eigenvalue weighted by Crippen LogP contribution is 2.25. The number of carbonyl (C=O) groups excluding carboxylic acids is 1. The third-order valence-electron chi connectivity index (χ3n) is 4.32. The van der Waals surface area contributed by atoms with Crippen LogP contribution < -0.4 is 5.73 Å². The van der Waals surface area contributed by atoms with Crippen LogP contribution in [0.1, 0.15) is 34.7 Å². The maximum absolute atomic E-state index is 12.5. The van der Waals surface area contributed by atoms with Crippen molar-refractivity contribution in [3.05, 3.63) is 23.1 Å². The second-order valence-electron chi connectivity index (χ2n) is 5.99. The molecule has 1 atom stereocenters. The van der Waals surface area contributed by atoms with Gasteiger partial charge in [0.25, 0.3) is 5.91 Å². The summed E-state index contributed by atoms with van der Waals surface area (Å²) in [6.07, 6.45) is 1.93. The van der Waals surface area contributed by atoms with Gasteiger partial charge in [-0.2, -0.15) is 10.2 Å². The number of aryl methyl sites for hydroxylation is 2. The Morgan fingerprint density at radius 3 is 2.86 bits per heavy atom. The topological polar surface area (TPSA) is 92.8 Å². The number of nitrogens with two attached hydrogens (primary N) is 1. The molecule has 3 heterocycles. The van der Waals surface area contributed by atoms with Gasteiger partial charge in [0.1, 0.15) is 5.69 Å². The van der Waals surface area contributed by atoms with Crippen LogP contribution in [0, 0.1) is 13.8 Å². The molecule has 0 spiro atoms. The van der Waals surface area contributed by atoms with Crippen LogP contribution >= 0.6 is 0 Å². The van der Waals surface area contributed by atoms with Gasteiger partial charge in [-0.3, -0.25) is 14.6 Å². The summed E-state index contributed by atoms with van der Waals surface area (Å²) in [6.45, 7) is 5.31. The van der Waals surface area contributed by atoms with Crippen LogP contribution in [0.5, 0.6) is 0 Å². The number of likely N-dealkylation sites (tertiary alicyclic amines) is 1. The number of rotatable bonds is 2. The Morgan fingerprint density at radius 2 is 2.23 bits per heavy atom. The van der Waals surface area contributed by atoms with Gasteiger partial charge in [-0.1, -0.05) is 0 Å². The highest BCUT2D eigenvalue weighted by molar-refractivity contribution is 5.93. The fraction of sp³-hybridized carbons (Fsp3) is 0.533. The van der Waals surface area contributed by atoms with Crippen LogP contribution in [0.25, 0.3) is 11.3 Å². The van der Waals surface area contributed by atoms with E-state index in [0.29, 0.717) is 12.2 Å². The largest absolute Gasteiger partial charge is 0.336 e. The molecule has 3 N–H and O–H groups in total. The van der Waals surface area contributed by atoms with E-state index in [-0.39, 0.29) is 11.9 Å². The first-order valence-electron chi connectivity index (χ1n) is 7.58. The molecular formula is C15H22N6O. The number of carbonyl (C=O) groups is 1. The molecule has 0 radical (unpaired) electrons. The van der Waals surface area contributed by atoms with Gasteiger partial charge < -0.3 is 10.6 Å². The number of hydrogen-bond acceptors (Lipinski definition) is 4. The van der Waals surface area contributed by atoms with Gasteiger partial charge in [0.2, 0.25) is 0 Å². The minimum atomic E-state index is -0.0342. The predicted molar refractivity (Wildman–Crippen MR) is 83.4 cm³/mol. The van der Waals surface area contributed by atoms with Crippen LogP contribution in [0.3, 0.4) is 0 Å². The van der Waals surface area contributed by atoms with Crippen LogP contribution in [-0.2, 0) is 7.05 Å². The summed E-state index contributed by atoms with van der Waals surface area (Å²) >= 11 is 0. The van der Waals surface area contributed by atoms with E-state index in [4.69, 9.17) is 5.73 Å². The molecule has 1 aliphatic heterocycles. The molecule has 2 aromatic rings. The molecule has 1 amide bonds. The molecule has 2 aromatic heterocycles. The number of nitrogens with zero attached hydrogens (tertiary/aromatic N) is 4. The highest BCUT2D eigenvalue weighted by atomic mass is 16.2. The van der Waals surface area contributed by atoms with Gasteiger partial charge in [-0.15, -0.1) is 0 Å². The van der Waals surface area contributed by atoms with Crippen molar-refractivity contribution in [1.82, 2.24) is 24.9 Å². The predicted octanol–water partition coefficient (Wildman–Crippen LogP) is 0.990. The van der Waals surface area contributed by atoms with Gasteiger partial charge in [0.05, 0.1) is 11.4 Å². The summed E-state index contributed by atoms with van der Waals surface area (Å²) in [7, 11) is 1.90. The summed E-state index contributed by atoms with van der Waals surface area (Å²) in [6, 6.07) is 1.88. The Kier molecular flexibility index (Phi) is 3.74. The Bertz CT molecular complexity index is 701. The first kappa shape index (κ1) is 14.8. The lowest BCUT2D eigenvalue weighted by atomic mass is 10.1. The number of hydrogen-bond donors (Lipinski definition) is 2. The smallest absolute Gasteiger partial charge is 0.271 e. The maximum Gasteiger partial charge on any atom is 0.271 e. The number of piperidine rings is 1. The fourth-order valence-electron chi connectivity index (χ4n) is 3.07. The molecule has 7 heteroatoms. The first-order chi connectivity index (χ1) is 10.5. The fourth-order valence-corrected chi connectivity index (χ4v) is 3.07. The van der Waals surface area contributed by atoms with Crippen molar-refractivity contribution >= 4 is 5.91 Å². The van der Waals surface area contributed by atoms with E-state index in [1.807, 2.05) is 25.6 Å². The first-order valence-corrected chi connectivity index (χ1v) is 7.58. The van der Waals surface area contributed by atoms with Crippen molar-refractivity contribution in [1.29, 1.82) is 0 Å². The van der Waals surface area contributed by atoms with Crippen LogP contribution in [0.2, 0.25) is 0 Å². The van der Waals surface area contributed by atoms with Gasteiger partial charge in [0.15, 0.2) is 0 Å². The Hall–Kier alpha value is -2.15. The number of H-pyrrole nitrogens is 1. The molecule has 1 unspecified atom stereocenters. The van der Waals surface area contributed by atoms with Gasteiger partial charge in [0, 0.05) is 37.4 Å². The van der Waals surface area contributed by atoms with E-state index < -0.39 is 0 Å². The SMILES string of the molecule is Cc1nn(C)c(C)c1-c1cc(C(=O)N2CCCC(N)C2)[nH]n1. The van der Waals surface area contributed by atoms with E-state index in [0.717, 1.165) is 42.0 Å². The Morgan fingerprint density at radius 1 is 1.45 bits per heavy atom. The Labute approximate surface area is 129 Å². The number of amides is 1. The van der Waals surface area contributed by atoms with E-state index >= 15 is 0 Å². The van der Waals surface area contributed by atoms with E-state index in [1.54, 1.807) is 11.0 Å². The second-order valence-corrected chi connectivity index (χ2v) is 5.99. The van der Waals surface area contributed by atoms with Crippen molar-refractivity contribution in [2.24, 2.45) is 12.8 Å². The third kappa shape index (κ3) is 2.52. The van der Waals surface area contributed by atoms with E-state index in [9.17, 15) is 4.79 Å². The molecule has 1 aliphatic rings. The van der Waals surface area contributed by atoms with Gasteiger partial charge in [-0.25, -0.2) is 0 Å².